The lowest BCUT2D eigenvalue weighted by atomic mass is 9.48. The molecule has 4 unspecified atom stereocenters. The molecule has 4 saturated carbocycles. The topological polar surface area (TPSA) is 85.8 Å². The first-order valence-electron chi connectivity index (χ1n) is 13.3. The summed E-state index contributed by atoms with van der Waals surface area (Å²) in [6.07, 6.45) is 7.53. The van der Waals surface area contributed by atoms with Gasteiger partial charge in [-0.1, -0.05) is 0 Å². The van der Waals surface area contributed by atoms with Crippen molar-refractivity contribution in [3.8, 4) is 0 Å². The van der Waals surface area contributed by atoms with Crippen LogP contribution in [-0.4, -0.2) is 64.6 Å². The van der Waals surface area contributed by atoms with Crippen molar-refractivity contribution in [1.29, 1.82) is 0 Å². The van der Waals surface area contributed by atoms with Gasteiger partial charge in [0, 0.05) is 42.9 Å². The first kappa shape index (κ1) is 23.7. The second kappa shape index (κ2) is 8.44. The first-order valence-corrected chi connectivity index (χ1v) is 14.1. The Morgan fingerprint density at radius 1 is 1.03 bits per heavy atom. The predicted octanol–water partition coefficient (Wildman–Crippen LogP) is 3.78. The highest BCUT2D eigenvalue weighted by Crippen LogP contribution is 2.60. The Kier molecular flexibility index (Phi) is 5.72. The van der Waals surface area contributed by atoms with Gasteiger partial charge in [-0.25, -0.2) is 4.98 Å². The zero-order chi connectivity index (χ0) is 24.5. The molecule has 3 heterocycles. The summed E-state index contributed by atoms with van der Waals surface area (Å²) in [7, 11) is 0. The standard InChI is InChI=1S/C27H37BrN4O3/c1-26(2,24(33)30-23-19-6-16-7-20(23)10-27(8-16,9-19)25(34)35)32-14-17-5-18(15-32)13-31(12-17)22-4-3-21(28)11-29-22/h3-4,11,16-20,23H,5-10,12-15H2,1-2H3,(H,30,33)(H,34,35). The molecule has 7 rings (SSSR count). The summed E-state index contributed by atoms with van der Waals surface area (Å²) in [6.45, 7) is 7.95. The normalized spacial score (nSPS) is 38.4. The van der Waals surface area contributed by atoms with Crippen LogP contribution in [0.5, 0.6) is 0 Å². The van der Waals surface area contributed by atoms with Crippen molar-refractivity contribution in [3.63, 3.8) is 0 Å². The molecule has 2 N–H and O–H groups in total. The number of pyridine rings is 1. The second-order valence-corrected chi connectivity index (χ2v) is 13.6. The van der Waals surface area contributed by atoms with Crippen molar-refractivity contribution in [2.24, 2.45) is 35.0 Å². The Morgan fingerprint density at radius 3 is 2.26 bits per heavy atom. The van der Waals surface area contributed by atoms with E-state index in [1.54, 1.807) is 0 Å². The third-order valence-electron chi connectivity index (χ3n) is 9.99. The number of likely N-dealkylation sites (tertiary alicyclic amines) is 1. The Bertz CT molecular complexity index is 984. The molecule has 8 heteroatoms. The number of aromatic nitrogens is 1. The number of rotatable bonds is 5. The number of aliphatic carboxylic acids is 1. The lowest BCUT2D eigenvalue weighted by Gasteiger charge is -2.58. The maximum Gasteiger partial charge on any atom is 0.309 e. The number of carboxylic acids is 1. The average molecular weight is 546 g/mol. The molecule has 1 aromatic rings. The minimum Gasteiger partial charge on any atom is -0.481 e. The molecule has 4 atom stereocenters. The number of nitrogens with zero attached hydrogens (tertiary/aromatic N) is 3. The Hall–Kier alpha value is -1.67. The van der Waals surface area contributed by atoms with Gasteiger partial charge in [-0.3, -0.25) is 14.5 Å². The molecule has 6 aliphatic rings. The van der Waals surface area contributed by atoms with Crippen molar-refractivity contribution < 1.29 is 14.7 Å². The fraction of sp³-hybridized carbons (Fsp3) is 0.741. The number of carbonyl (C=O) groups is 2. The van der Waals surface area contributed by atoms with E-state index in [2.05, 4.69) is 62.0 Å². The highest BCUT2D eigenvalue weighted by Gasteiger charge is 2.59. The van der Waals surface area contributed by atoms with Crippen LogP contribution >= 0.6 is 15.9 Å². The van der Waals surface area contributed by atoms with Crippen molar-refractivity contribution >= 4 is 33.6 Å². The molecule has 6 fully saturated rings. The molecule has 2 aliphatic heterocycles. The van der Waals surface area contributed by atoms with Gasteiger partial charge in [0.1, 0.15) is 5.82 Å². The average Bonchev–Trinajstić information content (AvgIpc) is 2.80. The van der Waals surface area contributed by atoms with E-state index in [0.29, 0.717) is 29.6 Å². The molecule has 0 aromatic carbocycles. The maximum atomic E-state index is 13.7. The van der Waals surface area contributed by atoms with Crippen molar-refractivity contribution in [2.45, 2.75) is 64.0 Å². The SMILES string of the molecule is CC(C)(C(=O)NC1C2CC3CC1CC(C(=O)O)(C3)C2)N1CC2CC(CN(c3ccc(Br)cn3)C2)C1. The third kappa shape index (κ3) is 4.08. The van der Waals surface area contributed by atoms with Gasteiger partial charge in [-0.2, -0.15) is 0 Å². The smallest absolute Gasteiger partial charge is 0.309 e. The van der Waals surface area contributed by atoms with E-state index in [1.807, 2.05) is 6.20 Å². The summed E-state index contributed by atoms with van der Waals surface area (Å²) >= 11 is 3.47. The highest BCUT2D eigenvalue weighted by atomic mass is 79.9. The Balaban J connectivity index is 1.11. The molecule has 190 valence electrons. The minimum absolute atomic E-state index is 0.116. The molecule has 1 aromatic heterocycles. The zero-order valence-corrected chi connectivity index (χ0v) is 22.3. The number of carbonyl (C=O) groups excluding carboxylic acids is 1. The van der Waals surface area contributed by atoms with Crippen LogP contribution in [0.4, 0.5) is 5.82 Å². The van der Waals surface area contributed by atoms with Crippen molar-refractivity contribution in [2.75, 3.05) is 31.1 Å². The maximum absolute atomic E-state index is 13.7. The minimum atomic E-state index is -0.616. The highest BCUT2D eigenvalue weighted by molar-refractivity contribution is 9.10. The molecule has 35 heavy (non-hydrogen) atoms. The number of anilines is 1. The van der Waals surface area contributed by atoms with Gasteiger partial charge in [-0.05, 0) is 110 Å². The quantitative estimate of drug-likeness (QED) is 0.586. The fourth-order valence-electron chi connectivity index (χ4n) is 8.47. The van der Waals surface area contributed by atoms with Crippen LogP contribution in [0, 0.1) is 35.0 Å². The van der Waals surface area contributed by atoms with Gasteiger partial charge in [0.2, 0.25) is 5.91 Å². The molecule has 6 bridgehead atoms. The fourth-order valence-corrected chi connectivity index (χ4v) is 8.71. The number of fused-ring (bicyclic) bond motifs is 2. The van der Waals surface area contributed by atoms with E-state index in [0.717, 1.165) is 68.6 Å². The molecule has 7 nitrogen and oxygen atoms in total. The number of hydrogen-bond donors (Lipinski definition) is 2. The van der Waals surface area contributed by atoms with Gasteiger partial charge in [-0.15, -0.1) is 0 Å². The molecular formula is C27H37BrN4O3. The number of piperidine rings is 2. The summed E-state index contributed by atoms with van der Waals surface area (Å²) in [4.78, 5) is 35.2. The monoisotopic (exact) mass is 544 g/mol. The van der Waals surface area contributed by atoms with Crippen LogP contribution in [0.2, 0.25) is 0 Å². The van der Waals surface area contributed by atoms with E-state index in [9.17, 15) is 14.7 Å². The van der Waals surface area contributed by atoms with Gasteiger partial charge in [0.15, 0.2) is 0 Å². The van der Waals surface area contributed by atoms with E-state index >= 15 is 0 Å². The van der Waals surface area contributed by atoms with Crippen LogP contribution < -0.4 is 10.2 Å². The summed E-state index contributed by atoms with van der Waals surface area (Å²) < 4.78 is 0.995. The van der Waals surface area contributed by atoms with E-state index in [-0.39, 0.29) is 11.9 Å². The van der Waals surface area contributed by atoms with E-state index in [4.69, 9.17) is 0 Å². The van der Waals surface area contributed by atoms with Gasteiger partial charge >= 0.3 is 5.97 Å². The summed E-state index contributed by atoms with van der Waals surface area (Å²) in [6, 6.07) is 4.27. The van der Waals surface area contributed by atoms with Crippen LogP contribution in [0.3, 0.4) is 0 Å². The number of hydrogen-bond acceptors (Lipinski definition) is 5. The number of carboxylic acid groups (broad SMARTS) is 1. The number of nitrogens with one attached hydrogen (secondary N) is 1. The summed E-state index contributed by atoms with van der Waals surface area (Å²) in [5.41, 5.74) is -1.11. The van der Waals surface area contributed by atoms with E-state index < -0.39 is 16.9 Å². The zero-order valence-electron chi connectivity index (χ0n) is 20.8. The van der Waals surface area contributed by atoms with Gasteiger partial charge < -0.3 is 15.3 Å². The predicted molar refractivity (Wildman–Crippen MR) is 137 cm³/mol. The lowest BCUT2D eigenvalue weighted by molar-refractivity contribution is -0.168. The lowest BCUT2D eigenvalue weighted by Crippen LogP contribution is -2.66. The third-order valence-corrected chi connectivity index (χ3v) is 10.5. The second-order valence-electron chi connectivity index (χ2n) is 12.7. The van der Waals surface area contributed by atoms with E-state index in [1.165, 1.54) is 6.42 Å². The molecule has 0 radical (unpaired) electrons. The molecule has 0 spiro atoms. The molecule has 1 amide bonds. The van der Waals surface area contributed by atoms with Gasteiger partial charge in [0.25, 0.3) is 0 Å². The van der Waals surface area contributed by atoms with Gasteiger partial charge in [0.05, 0.1) is 11.0 Å². The number of halogens is 1. The largest absolute Gasteiger partial charge is 0.481 e. The first-order chi connectivity index (χ1) is 16.6. The van der Waals surface area contributed by atoms with Crippen molar-refractivity contribution in [3.05, 3.63) is 22.8 Å². The van der Waals surface area contributed by atoms with Crippen LogP contribution in [0.1, 0.15) is 52.4 Å². The molecule has 4 aliphatic carbocycles. The Morgan fingerprint density at radius 2 is 1.69 bits per heavy atom. The van der Waals surface area contributed by atoms with Crippen molar-refractivity contribution in [1.82, 2.24) is 15.2 Å². The van der Waals surface area contributed by atoms with Crippen LogP contribution in [-0.2, 0) is 9.59 Å². The molecular weight excluding hydrogens is 508 g/mol. The summed E-state index contributed by atoms with van der Waals surface area (Å²) in [5.74, 6) is 2.73. The van der Waals surface area contributed by atoms with Crippen LogP contribution in [0.15, 0.2) is 22.8 Å². The van der Waals surface area contributed by atoms with Crippen LogP contribution in [0.25, 0.3) is 0 Å². The number of amides is 1. The molecule has 2 saturated heterocycles. The summed E-state index contributed by atoms with van der Waals surface area (Å²) in [5, 5.41) is 13.4. The Labute approximate surface area is 216 Å².